The summed E-state index contributed by atoms with van der Waals surface area (Å²) in [7, 11) is -2.99. The lowest BCUT2D eigenvalue weighted by molar-refractivity contribution is 0.282. The quantitative estimate of drug-likeness (QED) is 0.823. The molecular formula is C12H15NO3S. The van der Waals surface area contributed by atoms with E-state index >= 15 is 0 Å². The van der Waals surface area contributed by atoms with Crippen LogP contribution in [-0.2, 0) is 23.0 Å². The molecule has 1 heterocycles. The van der Waals surface area contributed by atoms with Gasteiger partial charge < -0.3 is 10.4 Å². The summed E-state index contributed by atoms with van der Waals surface area (Å²) in [4.78, 5) is 0. The van der Waals surface area contributed by atoms with E-state index in [4.69, 9.17) is 5.11 Å². The molecule has 0 spiro atoms. The van der Waals surface area contributed by atoms with E-state index in [1.165, 1.54) is 5.41 Å². The second-order valence-corrected chi connectivity index (χ2v) is 6.05. The van der Waals surface area contributed by atoms with Gasteiger partial charge in [-0.05, 0) is 11.1 Å². The Labute approximate surface area is 101 Å². The zero-order valence-electron chi connectivity index (χ0n) is 9.33. The Balaban J connectivity index is 1.88. The molecule has 1 aromatic rings. The average Bonchev–Trinajstić information content (AvgIpc) is 2.67. The van der Waals surface area contributed by atoms with Crippen molar-refractivity contribution in [3.05, 3.63) is 46.9 Å². The largest absolute Gasteiger partial charge is 0.392 e. The van der Waals surface area contributed by atoms with Crippen molar-refractivity contribution in [1.29, 1.82) is 0 Å². The Morgan fingerprint density at radius 1 is 1.24 bits per heavy atom. The summed E-state index contributed by atoms with van der Waals surface area (Å²) in [5, 5.41) is 13.3. The van der Waals surface area contributed by atoms with E-state index in [1.807, 2.05) is 24.3 Å². The van der Waals surface area contributed by atoms with E-state index in [9.17, 15) is 8.42 Å². The maximum absolute atomic E-state index is 11.2. The molecule has 0 saturated heterocycles. The average molecular weight is 253 g/mol. The minimum atomic E-state index is -2.99. The maximum Gasteiger partial charge on any atom is 0.173 e. The highest BCUT2D eigenvalue weighted by Gasteiger charge is 2.20. The molecule has 0 saturated carbocycles. The van der Waals surface area contributed by atoms with Crippen LogP contribution in [0, 0.1) is 0 Å². The van der Waals surface area contributed by atoms with Crippen molar-refractivity contribution >= 4 is 9.84 Å². The Morgan fingerprint density at radius 3 is 2.41 bits per heavy atom. The second kappa shape index (κ2) is 5.00. The van der Waals surface area contributed by atoms with Gasteiger partial charge in [-0.1, -0.05) is 30.3 Å². The summed E-state index contributed by atoms with van der Waals surface area (Å²) in [6.45, 7) is 0.660. The van der Waals surface area contributed by atoms with Crippen molar-refractivity contribution in [2.24, 2.45) is 0 Å². The molecule has 0 bridgehead atoms. The van der Waals surface area contributed by atoms with E-state index in [1.54, 1.807) is 6.08 Å². The van der Waals surface area contributed by atoms with Gasteiger partial charge >= 0.3 is 0 Å². The first-order valence-electron chi connectivity index (χ1n) is 5.42. The minimum Gasteiger partial charge on any atom is -0.392 e. The number of aliphatic hydroxyl groups is 1. The molecule has 1 aromatic carbocycles. The third-order valence-corrected chi connectivity index (χ3v) is 4.10. The fraction of sp³-hybridized carbons (Fsp3) is 0.333. The second-order valence-electron chi connectivity index (χ2n) is 4.12. The minimum absolute atomic E-state index is 0.0390. The Kier molecular flexibility index (Phi) is 3.61. The molecule has 1 aliphatic heterocycles. The summed E-state index contributed by atoms with van der Waals surface area (Å²) in [5.74, 6) is 0.141. The number of hydrogen-bond acceptors (Lipinski definition) is 4. The highest BCUT2D eigenvalue weighted by Crippen LogP contribution is 2.09. The lowest BCUT2D eigenvalue weighted by Gasteiger charge is -2.09. The molecular weight excluding hydrogens is 238 g/mol. The maximum atomic E-state index is 11.2. The van der Waals surface area contributed by atoms with Gasteiger partial charge in [-0.25, -0.2) is 8.42 Å². The van der Waals surface area contributed by atoms with Crippen molar-refractivity contribution < 1.29 is 13.5 Å². The number of aliphatic hydroxyl groups excluding tert-OH is 1. The van der Waals surface area contributed by atoms with Crippen molar-refractivity contribution in [2.45, 2.75) is 19.2 Å². The standard InChI is InChI=1S/C12H15NO3S/c14-8-11-3-1-10(2-4-11)7-13-12-5-6-17(15,16)9-12/h1-6,12-14H,7-9H2. The number of rotatable bonds is 4. The molecule has 2 N–H and O–H groups in total. The fourth-order valence-corrected chi connectivity index (χ4v) is 2.98. The van der Waals surface area contributed by atoms with Crippen molar-refractivity contribution in [2.75, 3.05) is 5.75 Å². The Morgan fingerprint density at radius 2 is 1.88 bits per heavy atom. The third kappa shape index (κ3) is 3.39. The van der Waals surface area contributed by atoms with Gasteiger partial charge in [0.1, 0.15) is 0 Å². The summed E-state index contributed by atoms with van der Waals surface area (Å²) < 4.78 is 22.4. The van der Waals surface area contributed by atoms with Crippen LogP contribution in [0.4, 0.5) is 0 Å². The smallest absolute Gasteiger partial charge is 0.173 e. The van der Waals surface area contributed by atoms with Gasteiger partial charge in [-0.2, -0.15) is 0 Å². The van der Waals surface area contributed by atoms with Gasteiger partial charge in [0.15, 0.2) is 9.84 Å². The first-order valence-corrected chi connectivity index (χ1v) is 7.13. The zero-order valence-corrected chi connectivity index (χ0v) is 10.2. The van der Waals surface area contributed by atoms with Crippen LogP contribution in [0.3, 0.4) is 0 Å². The van der Waals surface area contributed by atoms with Crippen LogP contribution in [0.5, 0.6) is 0 Å². The summed E-state index contributed by atoms with van der Waals surface area (Å²) in [6.07, 6.45) is 1.68. The molecule has 92 valence electrons. The van der Waals surface area contributed by atoms with Crippen LogP contribution in [0.1, 0.15) is 11.1 Å². The molecule has 0 fully saturated rings. The first-order chi connectivity index (χ1) is 8.09. The molecule has 0 aromatic heterocycles. The van der Waals surface area contributed by atoms with E-state index in [2.05, 4.69) is 5.32 Å². The number of nitrogens with one attached hydrogen (secondary N) is 1. The van der Waals surface area contributed by atoms with E-state index in [0.29, 0.717) is 6.54 Å². The van der Waals surface area contributed by atoms with E-state index in [-0.39, 0.29) is 18.4 Å². The van der Waals surface area contributed by atoms with Crippen molar-refractivity contribution in [1.82, 2.24) is 5.32 Å². The van der Waals surface area contributed by atoms with Crippen LogP contribution in [0.2, 0.25) is 0 Å². The zero-order chi connectivity index (χ0) is 12.3. The van der Waals surface area contributed by atoms with E-state index in [0.717, 1.165) is 11.1 Å². The van der Waals surface area contributed by atoms with Crippen LogP contribution in [0.15, 0.2) is 35.7 Å². The van der Waals surface area contributed by atoms with Gasteiger partial charge in [0.2, 0.25) is 0 Å². The number of benzene rings is 1. The summed E-state index contributed by atoms with van der Waals surface area (Å²) in [6, 6.07) is 7.46. The molecule has 0 amide bonds. The molecule has 1 unspecified atom stereocenters. The number of hydrogen-bond donors (Lipinski definition) is 2. The Bertz CT molecular complexity index is 505. The predicted octanol–water partition coefficient (Wildman–Crippen LogP) is 0.579. The van der Waals surface area contributed by atoms with Gasteiger partial charge in [0.25, 0.3) is 0 Å². The van der Waals surface area contributed by atoms with Crippen LogP contribution in [0.25, 0.3) is 0 Å². The molecule has 2 rings (SSSR count). The van der Waals surface area contributed by atoms with Gasteiger partial charge in [0, 0.05) is 18.0 Å². The lowest BCUT2D eigenvalue weighted by atomic mass is 10.1. The van der Waals surface area contributed by atoms with Gasteiger partial charge in [-0.3, -0.25) is 0 Å². The van der Waals surface area contributed by atoms with Crippen LogP contribution in [-0.4, -0.2) is 25.3 Å². The van der Waals surface area contributed by atoms with Crippen molar-refractivity contribution in [3.8, 4) is 0 Å². The third-order valence-electron chi connectivity index (χ3n) is 2.70. The molecule has 5 heteroatoms. The predicted molar refractivity (Wildman–Crippen MR) is 65.9 cm³/mol. The van der Waals surface area contributed by atoms with Crippen molar-refractivity contribution in [3.63, 3.8) is 0 Å². The van der Waals surface area contributed by atoms with Crippen LogP contribution >= 0.6 is 0 Å². The fourth-order valence-electron chi connectivity index (χ4n) is 1.71. The van der Waals surface area contributed by atoms with Gasteiger partial charge in [0.05, 0.1) is 12.4 Å². The number of sulfone groups is 1. The van der Waals surface area contributed by atoms with Crippen LogP contribution < -0.4 is 5.32 Å². The summed E-state index contributed by atoms with van der Waals surface area (Å²) in [5.41, 5.74) is 1.94. The lowest BCUT2D eigenvalue weighted by Crippen LogP contribution is -2.29. The SMILES string of the molecule is O=S1(=O)C=CC(NCc2ccc(CO)cc2)C1. The van der Waals surface area contributed by atoms with Gasteiger partial charge in [-0.15, -0.1) is 0 Å². The molecule has 0 aliphatic carbocycles. The molecule has 1 aliphatic rings. The van der Waals surface area contributed by atoms with E-state index < -0.39 is 9.84 Å². The molecule has 17 heavy (non-hydrogen) atoms. The highest BCUT2D eigenvalue weighted by atomic mass is 32.2. The first kappa shape index (κ1) is 12.3. The Hall–Kier alpha value is -1.17. The molecule has 1 atom stereocenters. The molecule has 0 radical (unpaired) electrons. The molecule has 4 nitrogen and oxygen atoms in total. The normalized spacial score (nSPS) is 21.8. The summed E-state index contributed by atoms with van der Waals surface area (Å²) >= 11 is 0. The topological polar surface area (TPSA) is 66.4 Å². The monoisotopic (exact) mass is 253 g/mol. The highest BCUT2D eigenvalue weighted by molar-refractivity contribution is 7.94.